The van der Waals surface area contributed by atoms with Gasteiger partial charge in [0.25, 0.3) is 0 Å². The molecule has 0 aromatic rings. The summed E-state index contributed by atoms with van der Waals surface area (Å²) in [6.45, 7) is 14.0. The van der Waals surface area contributed by atoms with E-state index in [2.05, 4.69) is 55.4 Å². The van der Waals surface area contributed by atoms with Gasteiger partial charge in [0.05, 0.1) is 26.4 Å². The first-order valence-electron chi connectivity index (χ1n) is 34.7. The molecule has 17 nitrogen and oxygen atoms in total. The highest BCUT2D eigenvalue weighted by Gasteiger charge is 2.30. The third-order valence-electron chi connectivity index (χ3n) is 15.7. The molecule has 0 fully saturated rings. The number of hydrogen-bond donors (Lipinski definition) is 3. The lowest BCUT2D eigenvalue weighted by molar-refractivity contribution is -0.161. The van der Waals surface area contributed by atoms with Gasteiger partial charge >= 0.3 is 39.5 Å². The first kappa shape index (κ1) is 84.1. The van der Waals surface area contributed by atoms with E-state index in [0.717, 1.165) is 108 Å². The van der Waals surface area contributed by atoms with E-state index in [9.17, 15) is 43.2 Å². The molecule has 0 aliphatic heterocycles. The summed E-state index contributed by atoms with van der Waals surface area (Å²) in [4.78, 5) is 72.4. The number of hydrogen-bond acceptors (Lipinski definition) is 15. The summed E-state index contributed by atoms with van der Waals surface area (Å²) in [5, 5.41) is 10.6. The van der Waals surface area contributed by atoms with Crippen molar-refractivity contribution in [3.63, 3.8) is 0 Å². The fourth-order valence-electron chi connectivity index (χ4n) is 9.93. The molecule has 0 bridgehead atoms. The number of ether oxygens (including phenoxy) is 4. The highest BCUT2D eigenvalue weighted by Crippen LogP contribution is 2.45. The molecule has 86 heavy (non-hydrogen) atoms. The molecule has 3 N–H and O–H groups in total. The Balaban J connectivity index is 5.24. The number of rotatable bonds is 64. The van der Waals surface area contributed by atoms with Gasteiger partial charge in [-0.25, -0.2) is 9.13 Å². The van der Waals surface area contributed by atoms with Crippen LogP contribution in [0.25, 0.3) is 0 Å². The standard InChI is InChI=1S/C67H130O17P2/c1-9-60(8)46-38-30-22-12-10-11-13-23-31-39-47-64(69)77-54-63(84-67(72)50-42-34-26-18-21-29-37-45-59(6)7)56-82-86(75,76)80-52-61(68)51-79-85(73,74)81-55-62(83-66(71)49-41-33-25-17-15-20-28-36-44-58(4)5)53-78-65(70)48-40-32-24-16-14-19-27-35-43-57(2)3/h57-63,68H,9-56H2,1-8H3,(H,73,74)(H,75,76)/t60?,61?,62-,63-/m1/s1. The maximum atomic E-state index is 13.0. The average molecular weight is 1270 g/mol. The van der Waals surface area contributed by atoms with Crippen LogP contribution in [0, 0.1) is 23.7 Å². The lowest BCUT2D eigenvalue weighted by Gasteiger charge is -2.21. The lowest BCUT2D eigenvalue weighted by Crippen LogP contribution is -2.30. The topological polar surface area (TPSA) is 237 Å². The minimum atomic E-state index is -4.95. The molecule has 0 radical (unpaired) electrons. The number of aliphatic hydroxyl groups is 1. The molecule has 0 aliphatic rings. The summed E-state index contributed by atoms with van der Waals surface area (Å²) >= 11 is 0. The zero-order chi connectivity index (χ0) is 63.9. The zero-order valence-corrected chi connectivity index (χ0v) is 57.7. The van der Waals surface area contributed by atoms with Crippen molar-refractivity contribution in [2.75, 3.05) is 39.6 Å². The molecule has 4 unspecified atom stereocenters. The molecule has 0 saturated heterocycles. The van der Waals surface area contributed by atoms with Crippen LogP contribution in [0.15, 0.2) is 0 Å². The zero-order valence-electron chi connectivity index (χ0n) is 55.9. The Morgan fingerprint density at radius 1 is 0.326 bits per heavy atom. The molecule has 0 aromatic heterocycles. The quantitative estimate of drug-likeness (QED) is 0.0222. The second-order valence-corrected chi connectivity index (χ2v) is 28.8. The monoisotopic (exact) mass is 1270 g/mol. The van der Waals surface area contributed by atoms with Gasteiger partial charge in [0.2, 0.25) is 0 Å². The van der Waals surface area contributed by atoms with E-state index in [1.165, 1.54) is 128 Å². The Kier molecular flexibility index (Phi) is 55.7. The van der Waals surface area contributed by atoms with E-state index >= 15 is 0 Å². The smallest absolute Gasteiger partial charge is 0.462 e. The van der Waals surface area contributed by atoms with Crippen LogP contribution in [0.3, 0.4) is 0 Å². The number of phosphoric ester groups is 2. The third-order valence-corrected chi connectivity index (χ3v) is 17.6. The van der Waals surface area contributed by atoms with Crippen molar-refractivity contribution in [2.24, 2.45) is 23.7 Å². The van der Waals surface area contributed by atoms with Gasteiger partial charge in [-0.1, -0.05) is 274 Å². The summed E-state index contributed by atoms with van der Waals surface area (Å²) in [6.07, 6.45) is 37.7. The van der Waals surface area contributed by atoms with E-state index in [0.29, 0.717) is 31.6 Å². The highest BCUT2D eigenvalue weighted by molar-refractivity contribution is 7.47. The van der Waals surface area contributed by atoms with Crippen molar-refractivity contribution in [1.29, 1.82) is 0 Å². The molecular weight excluding hydrogens is 1140 g/mol. The van der Waals surface area contributed by atoms with E-state index in [1.54, 1.807) is 0 Å². The van der Waals surface area contributed by atoms with Crippen molar-refractivity contribution in [3.05, 3.63) is 0 Å². The van der Waals surface area contributed by atoms with Crippen LogP contribution in [-0.4, -0.2) is 96.7 Å². The van der Waals surface area contributed by atoms with Gasteiger partial charge in [-0.15, -0.1) is 0 Å². The normalized spacial score (nSPS) is 14.7. The third kappa shape index (κ3) is 59.7. The highest BCUT2D eigenvalue weighted by atomic mass is 31.2. The fourth-order valence-corrected chi connectivity index (χ4v) is 11.5. The van der Waals surface area contributed by atoms with Crippen LogP contribution in [0.2, 0.25) is 0 Å². The van der Waals surface area contributed by atoms with Crippen molar-refractivity contribution >= 4 is 39.5 Å². The summed E-state index contributed by atoms with van der Waals surface area (Å²) < 4.78 is 68.1. The maximum Gasteiger partial charge on any atom is 0.472 e. The Hall–Kier alpha value is -1.94. The van der Waals surface area contributed by atoms with Gasteiger partial charge in [0.15, 0.2) is 12.2 Å². The minimum Gasteiger partial charge on any atom is -0.462 e. The Bertz CT molecular complexity index is 1720. The largest absolute Gasteiger partial charge is 0.472 e. The van der Waals surface area contributed by atoms with Crippen LogP contribution in [0.5, 0.6) is 0 Å². The van der Waals surface area contributed by atoms with E-state index in [4.69, 9.17) is 37.0 Å². The molecule has 19 heteroatoms. The summed E-state index contributed by atoms with van der Waals surface area (Å²) in [6, 6.07) is 0. The predicted octanol–water partition coefficient (Wildman–Crippen LogP) is 18.5. The Morgan fingerprint density at radius 2 is 0.558 bits per heavy atom. The Labute approximate surface area is 524 Å². The van der Waals surface area contributed by atoms with Gasteiger partial charge in [0.1, 0.15) is 19.3 Å². The molecule has 0 amide bonds. The van der Waals surface area contributed by atoms with E-state index < -0.39 is 97.5 Å². The second-order valence-electron chi connectivity index (χ2n) is 25.9. The van der Waals surface area contributed by atoms with Crippen molar-refractivity contribution in [3.8, 4) is 0 Å². The molecule has 0 rings (SSSR count). The van der Waals surface area contributed by atoms with Crippen molar-refractivity contribution in [1.82, 2.24) is 0 Å². The van der Waals surface area contributed by atoms with Crippen LogP contribution in [0.4, 0.5) is 0 Å². The molecule has 510 valence electrons. The van der Waals surface area contributed by atoms with Gasteiger partial charge in [-0.2, -0.15) is 0 Å². The van der Waals surface area contributed by atoms with Gasteiger partial charge < -0.3 is 33.8 Å². The van der Waals surface area contributed by atoms with Crippen LogP contribution in [0.1, 0.15) is 325 Å². The number of esters is 4. The van der Waals surface area contributed by atoms with Gasteiger partial charge in [0, 0.05) is 25.7 Å². The number of carbonyl (C=O) groups excluding carboxylic acids is 4. The molecule has 0 saturated carbocycles. The average Bonchev–Trinajstić information content (AvgIpc) is 3.63. The minimum absolute atomic E-state index is 0.103. The predicted molar refractivity (Wildman–Crippen MR) is 344 cm³/mol. The SMILES string of the molecule is CCC(C)CCCCCCCCCCCCC(=O)OC[C@H](COP(=O)(O)OCC(O)COP(=O)(O)OC[C@@H](COC(=O)CCCCCCCCCCC(C)C)OC(=O)CCCCCCCCCCC(C)C)OC(=O)CCCCCCCCCC(C)C. The molecule has 0 spiro atoms. The molecule has 6 atom stereocenters. The molecule has 0 heterocycles. The summed E-state index contributed by atoms with van der Waals surface area (Å²) in [7, 11) is -9.90. The van der Waals surface area contributed by atoms with Crippen LogP contribution >= 0.6 is 15.6 Å². The number of aliphatic hydroxyl groups excluding tert-OH is 1. The molecule has 0 aliphatic carbocycles. The van der Waals surface area contributed by atoms with Crippen LogP contribution in [-0.2, 0) is 65.4 Å². The fraction of sp³-hybridized carbons (Fsp3) is 0.940. The summed E-state index contributed by atoms with van der Waals surface area (Å²) in [5.41, 5.74) is 0. The Morgan fingerprint density at radius 3 is 0.826 bits per heavy atom. The number of phosphoric acid groups is 2. The van der Waals surface area contributed by atoms with Crippen LogP contribution < -0.4 is 0 Å². The lowest BCUT2D eigenvalue weighted by atomic mass is 9.99. The van der Waals surface area contributed by atoms with E-state index in [-0.39, 0.29) is 25.7 Å². The summed E-state index contributed by atoms with van der Waals surface area (Å²) in [5.74, 6) is 0.813. The number of carbonyl (C=O) groups is 4. The van der Waals surface area contributed by atoms with Crippen molar-refractivity contribution in [2.45, 2.75) is 343 Å². The van der Waals surface area contributed by atoms with E-state index in [1.807, 2.05) is 0 Å². The first-order chi connectivity index (χ1) is 41.1. The van der Waals surface area contributed by atoms with Crippen molar-refractivity contribution < 1.29 is 80.2 Å². The number of unbranched alkanes of at least 4 members (excludes halogenated alkanes) is 29. The second kappa shape index (κ2) is 57.0. The first-order valence-corrected chi connectivity index (χ1v) is 37.7. The molecular formula is C67H130O17P2. The molecule has 0 aromatic carbocycles. The van der Waals surface area contributed by atoms with Gasteiger partial charge in [-0.3, -0.25) is 37.3 Å². The maximum absolute atomic E-state index is 13.0. The van der Waals surface area contributed by atoms with Gasteiger partial charge in [-0.05, 0) is 49.4 Å².